The lowest BCUT2D eigenvalue weighted by atomic mass is 9.89. The van der Waals surface area contributed by atoms with Gasteiger partial charge in [-0.2, -0.15) is 0 Å². The zero-order chi connectivity index (χ0) is 18.2. The molecular weight excluding hydrogens is 300 g/mol. The van der Waals surface area contributed by atoms with Crippen molar-refractivity contribution < 1.29 is 4.74 Å². The molecule has 0 aliphatic heterocycles. The van der Waals surface area contributed by atoms with E-state index in [4.69, 9.17) is 4.74 Å². The van der Waals surface area contributed by atoms with Crippen LogP contribution >= 0.6 is 0 Å². The molecular formula is C19H34N4O. The third-order valence-electron chi connectivity index (χ3n) is 3.91. The van der Waals surface area contributed by atoms with Crippen LogP contribution in [0.5, 0.6) is 0 Å². The van der Waals surface area contributed by atoms with Gasteiger partial charge in [0.05, 0.1) is 6.10 Å². The summed E-state index contributed by atoms with van der Waals surface area (Å²) in [5, 5.41) is 6.69. The monoisotopic (exact) mass is 334 g/mol. The molecule has 1 atom stereocenters. The van der Waals surface area contributed by atoms with E-state index in [2.05, 4.69) is 79.7 Å². The van der Waals surface area contributed by atoms with Gasteiger partial charge in [0.15, 0.2) is 5.96 Å². The molecule has 2 N–H and O–H groups in total. The van der Waals surface area contributed by atoms with E-state index in [-0.39, 0.29) is 11.5 Å². The second kappa shape index (κ2) is 9.64. The number of hydrogen-bond acceptors (Lipinski definition) is 3. The quantitative estimate of drug-likeness (QED) is 0.594. The van der Waals surface area contributed by atoms with Crippen LogP contribution in [-0.2, 0) is 17.8 Å². The summed E-state index contributed by atoms with van der Waals surface area (Å²) in [4.78, 5) is 6.45. The molecule has 0 amide bonds. The highest BCUT2D eigenvalue weighted by atomic mass is 16.5. The van der Waals surface area contributed by atoms with Gasteiger partial charge >= 0.3 is 0 Å². The second-order valence-corrected chi connectivity index (χ2v) is 7.45. The first-order valence-corrected chi connectivity index (χ1v) is 8.46. The van der Waals surface area contributed by atoms with Gasteiger partial charge < -0.3 is 20.3 Å². The molecule has 1 aromatic rings. The summed E-state index contributed by atoms with van der Waals surface area (Å²) < 4.78 is 5.57. The highest BCUT2D eigenvalue weighted by Gasteiger charge is 2.24. The lowest BCUT2D eigenvalue weighted by molar-refractivity contribution is 0.0205. The molecule has 0 saturated carbocycles. The van der Waals surface area contributed by atoms with Crippen molar-refractivity contribution in [3.63, 3.8) is 0 Å². The lowest BCUT2D eigenvalue weighted by Crippen LogP contribution is -2.45. The molecule has 0 radical (unpaired) electrons. The van der Waals surface area contributed by atoms with Gasteiger partial charge in [0.2, 0.25) is 0 Å². The van der Waals surface area contributed by atoms with Crippen molar-refractivity contribution >= 4 is 5.96 Å². The summed E-state index contributed by atoms with van der Waals surface area (Å²) in [6.45, 7) is 8.95. The van der Waals surface area contributed by atoms with Crippen LogP contribution in [0.25, 0.3) is 0 Å². The minimum Gasteiger partial charge on any atom is -0.379 e. The molecule has 1 rings (SSSR count). The largest absolute Gasteiger partial charge is 0.379 e. The van der Waals surface area contributed by atoms with E-state index in [0.29, 0.717) is 0 Å². The summed E-state index contributed by atoms with van der Waals surface area (Å²) in [6.07, 6.45) is 0.126. The molecule has 0 spiro atoms. The summed E-state index contributed by atoms with van der Waals surface area (Å²) in [6, 6.07) is 8.67. The second-order valence-electron chi connectivity index (χ2n) is 7.45. The van der Waals surface area contributed by atoms with Crippen LogP contribution in [0.15, 0.2) is 29.3 Å². The van der Waals surface area contributed by atoms with E-state index in [1.54, 1.807) is 14.2 Å². The number of rotatable bonds is 7. The van der Waals surface area contributed by atoms with E-state index in [0.717, 1.165) is 25.6 Å². The Morgan fingerprint density at radius 2 is 1.71 bits per heavy atom. The number of nitrogens with one attached hydrogen (secondary N) is 2. The molecule has 0 heterocycles. The van der Waals surface area contributed by atoms with E-state index in [1.165, 1.54) is 11.1 Å². The molecule has 0 aliphatic carbocycles. The maximum atomic E-state index is 5.57. The molecule has 1 aromatic carbocycles. The number of methoxy groups -OCH3 is 1. The number of nitrogens with zero attached hydrogens (tertiary/aromatic N) is 2. The van der Waals surface area contributed by atoms with Crippen LogP contribution in [0.3, 0.4) is 0 Å². The first-order valence-electron chi connectivity index (χ1n) is 8.46. The Labute approximate surface area is 147 Å². The minimum absolute atomic E-state index is 0.0862. The fraction of sp³-hybridized carbons (Fsp3) is 0.632. The van der Waals surface area contributed by atoms with Crippen molar-refractivity contribution in [1.29, 1.82) is 0 Å². The maximum absolute atomic E-state index is 5.57. The van der Waals surface area contributed by atoms with Gasteiger partial charge in [-0.1, -0.05) is 45.0 Å². The Morgan fingerprint density at radius 1 is 1.12 bits per heavy atom. The number of ether oxygens (including phenoxy) is 1. The molecule has 5 heteroatoms. The summed E-state index contributed by atoms with van der Waals surface area (Å²) >= 11 is 0. The van der Waals surface area contributed by atoms with Crippen LogP contribution in [-0.4, -0.2) is 51.8 Å². The van der Waals surface area contributed by atoms with Gasteiger partial charge in [-0.15, -0.1) is 0 Å². The van der Waals surface area contributed by atoms with Crippen LogP contribution in [0.1, 0.15) is 31.9 Å². The van der Waals surface area contributed by atoms with Crippen molar-refractivity contribution in [3.8, 4) is 0 Å². The standard InChI is InChI=1S/C19H34N4O/c1-19(2,3)17(24-7)13-22-18(20-4)21-12-15-8-10-16(11-9-15)14-23(5)6/h8-11,17H,12-14H2,1-7H3,(H2,20,21,22). The molecule has 0 fully saturated rings. The minimum atomic E-state index is 0.0862. The highest BCUT2D eigenvalue weighted by Crippen LogP contribution is 2.20. The van der Waals surface area contributed by atoms with Crippen LogP contribution < -0.4 is 10.6 Å². The normalized spacial score (nSPS) is 13.9. The van der Waals surface area contributed by atoms with Crippen molar-refractivity contribution in [2.24, 2.45) is 10.4 Å². The number of benzene rings is 1. The average Bonchev–Trinajstić information content (AvgIpc) is 2.50. The Balaban J connectivity index is 2.49. The molecule has 0 saturated heterocycles. The van der Waals surface area contributed by atoms with Gasteiger partial charge in [-0.05, 0) is 30.6 Å². The van der Waals surface area contributed by atoms with Gasteiger partial charge in [0, 0.05) is 33.8 Å². The topological polar surface area (TPSA) is 48.9 Å². The third kappa shape index (κ3) is 7.32. The Morgan fingerprint density at radius 3 is 2.17 bits per heavy atom. The van der Waals surface area contributed by atoms with Gasteiger partial charge in [-0.3, -0.25) is 4.99 Å². The van der Waals surface area contributed by atoms with E-state index in [1.807, 2.05) is 0 Å². The highest BCUT2D eigenvalue weighted by molar-refractivity contribution is 5.79. The zero-order valence-electron chi connectivity index (χ0n) is 16.3. The van der Waals surface area contributed by atoms with E-state index >= 15 is 0 Å². The van der Waals surface area contributed by atoms with Crippen LogP contribution in [0.2, 0.25) is 0 Å². The average molecular weight is 335 g/mol. The maximum Gasteiger partial charge on any atom is 0.191 e. The predicted molar refractivity (Wildman–Crippen MR) is 102 cm³/mol. The molecule has 5 nitrogen and oxygen atoms in total. The molecule has 24 heavy (non-hydrogen) atoms. The molecule has 1 unspecified atom stereocenters. The molecule has 0 aliphatic rings. The Bertz CT molecular complexity index is 503. The Kier molecular flexibility index (Phi) is 8.22. The fourth-order valence-electron chi connectivity index (χ4n) is 2.47. The van der Waals surface area contributed by atoms with Gasteiger partial charge in [-0.25, -0.2) is 0 Å². The van der Waals surface area contributed by atoms with E-state index < -0.39 is 0 Å². The first-order chi connectivity index (χ1) is 11.3. The molecule has 0 bridgehead atoms. The number of aliphatic imine (C=N–C) groups is 1. The van der Waals surface area contributed by atoms with Crippen molar-refractivity contribution in [2.75, 3.05) is 34.8 Å². The molecule has 136 valence electrons. The van der Waals surface area contributed by atoms with Gasteiger partial charge in [0.1, 0.15) is 0 Å². The van der Waals surface area contributed by atoms with Crippen LogP contribution in [0.4, 0.5) is 0 Å². The zero-order valence-corrected chi connectivity index (χ0v) is 16.3. The fourth-order valence-corrected chi connectivity index (χ4v) is 2.47. The van der Waals surface area contributed by atoms with Gasteiger partial charge in [0.25, 0.3) is 0 Å². The third-order valence-corrected chi connectivity index (χ3v) is 3.91. The van der Waals surface area contributed by atoms with Crippen molar-refractivity contribution in [3.05, 3.63) is 35.4 Å². The SMILES string of the molecule is CN=C(NCc1ccc(CN(C)C)cc1)NCC(OC)C(C)(C)C. The van der Waals surface area contributed by atoms with Crippen molar-refractivity contribution in [2.45, 2.75) is 40.0 Å². The Hall–Kier alpha value is -1.59. The lowest BCUT2D eigenvalue weighted by Gasteiger charge is -2.30. The summed E-state index contributed by atoms with van der Waals surface area (Å²) in [5.74, 6) is 0.790. The summed E-state index contributed by atoms with van der Waals surface area (Å²) in [5.41, 5.74) is 2.64. The number of hydrogen-bond donors (Lipinski definition) is 2. The predicted octanol–water partition coefficient (Wildman–Crippen LogP) is 2.47. The van der Waals surface area contributed by atoms with Crippen molar-refractivity contribution in [1.82, 2.24) is 15.5 Å². The molecule has 0 aromatic heterocycles. The van der Waals surface area contributed by atoms with E-state index in [9.17, 15) is 0 Å². The summed E-state index contributed by atoms with van der Waals surface area (Å²) in [7, 11) is 7.70. The number of guanidine groups is 1. The van der Waals surface area contributed by atoms with Crippen LogP contribution in [0, 0.1) is 5.41 Å². The smallest absolute Gasteiger partial charge is 0.191 e. The first kappa shape index (κ1) is 20.5.